The predicted molar refractivity (Wildman–Crippen MR) is 74.9 cm³/mol. The van der Waals surface area contributed by atoms with Gasteiger partial charge >= 0.3 is 5.97 Å². The van der Waals surface area contributed by atoms with E-state index in [1.54, 1.807) is 6.08 Å². The first-order valence-electron chi connectivity index (χ1n) is 6.02. The zero-order chi connectivity index (χ0) is 14.5. The van der Waals surface area contributed by atoms with E-state index in [1.807, 2.05) is 30.3 Å². The Morgan fingerprint density at radius 2 is 1.95 bits per heavy atom. The standard InChI is InChI=1S/C15H14N2O3/c1-11(18)14(8-12-6-4-3-5-7-12)17-9-13(16-10-17)15(19)20-2/h3-10H,1-2H3/b14-8-. The van der Waals surface area contributed by atoms with Crippen LogP contribution < -0.4 is 0 Å². The first kappa shape index (κ1) is 13.7. The molecule has 1 aromatic carbocycles. The molecule has 0 saturated carbocycles. The van der Waals surface area contributed by atoms with Gasteiger partial charge in [0.15, 0.2) is 11.5 Å². The van der Waals surface area contributed by atoms with Gasteiger partial charge in [-0.05, 0) is 11.6 Å². The van der Waals surface area contributed by atoms with E-state index < -0.39 is 5.97 Å². The summed E-state index contributed by atoms with van der Waals surface area (Å²) in [7, 11) is 1.28. The quantitative estimate of drug-likeness (QED) is 0.631. The fourth-order valence-corrected chi connectivity index (χ4v) is 1.73. The van der Waals surface area contributed by atoms with Gasteiger partial charge in [0, 0.05) is 13.1 Å². The van der Waals surface area contributed by atoms with Crippen molar-refractivity contribution >= 4 is 23.5 Å². The van der Waals surface area contributed by atoms with Crippen LogP contribution in [0.2, 0.25) is 0 Å². The number of rotatable bonds is 4. The minimum atomic E-state index is -0.536. The molecule has 0 aliphatic rings. The smallest absolute Gasteiger partial charge is 0.358 e. The van der Waals surface area contributed by atoms with Crippen LogP contribution in [0.5, 0.6) is 0 Å². The van der Waals surface area contributed by atoms with Crippen molar-refractivity contribution in [2.75, 3.05) is 7.11 Å². The molecule has 0 radical (unpaired) electrons. The fraction of sp³-hybridized carbons (Fsp3) is 0.133. The molecule has 0 fully saturated rings. The van der Waals surface area contributed by atoms with E-state index in [1.165, 1.54) is 31.1 Å². The lowest BCUT2D eigenvalue weighted by molar-refractivity contribution is -0.112. The summed E-state index contributed by atoms with van der Waals surface area (Å²) in [5.41, 5.74) is 1.48. The summed E-state index contributed by atoms with van der Waals surface area (Å²) < 4.78 is 6.10. The maximum absolute atomic E-state index is 11.8. The third-order valence-corrected chi connectivity index (χ3v) is 2.72. The van der Waals surface area contributed by atoms with Crippen LogP contribution in [0.15, 0.2) is 42.9 Å². The number of ketones is 1. The number of Topliss-reactive ketones (excluding diaryl/α,β-unsaturated/α-hetero) is 1. The summed E-state index contributed by atoms with van der Waals surface area (Å²) in [4.78, 5) is 27.1. The van der Waals surface area contributed by atoms with Crippen molar-refractivity contribution in [1.82, 2.24) is 9.55 Å². The molecule has 1 aromatic heterocycles. The Kier molecular flexibility index (Phi) is 4.10. The Labute approximate surface area is 116 Å². The van der Waals surface area contributed by atoms with Gasteiger partial charge in [0.25, 0.3) is 0 Å². The monoisotopic (exact) mass is 270 g/mol. The van der Waals surface area contributed by atoms with Crippen LogP contribution in [-0.4, -0.2) is 28.4 Å². The van der Waals surface area contributed by atoms with Crippen LogP contribution >= 0.6 is 0 Å². The number of esters is 1. The van der Waals surface area contributed by atoms with E-state index >= 15 is 0 Å². The van der Waals surface area contributed by atoms with Crippen molar-refractivity contribution in [3.63, 3.8) is 0 Å². The molecular formula is C15H14N2O3. The van der Waals surface area contributed by atoms with Crippen LogP contribution in [0.4, 0.5) is 0 Å². The van der Waals surface area contributed by atoms with Gasteiger partial charge in [0.1, 0.15) is 6.33 Å². The van der Waals surface area contributed by atoms with Crippen molar-refractivity contribution in [3.05, 3.63) is 54.1 Å². The molecule has 0 saturated heterocycles. The summed E-state index contributed by atoms with van der Waals surface area (Å²) in [6.07, 6.45) is 4.63. The van der Waals surface area contributed by atoms with Crippen molar-refractivity contribution in [1.29, 1.82) is 0 Å². The van der Waals surface area contributed by atoms with E-state index in [2.05, 4.69) is 9.72 Å². The summed E-state index contributed by atoms with van der Waals surface area (Å²) in [6.45, 7) is 1.46. The normalized spacial score (nSPS) is 11.2. The number of carbonyl (C=O) groups is 2. The number of imidazole rings is 1. The molecule has 1 heterocycles. The molecule has 5 nitrogen and oxygen atoms in total. The predicted octanol–water partition coefficient (Wildman–Crippen LogP) is 2.26. The first-order chi connectivity index (χ1) is 9.61. The second-order valence-corrected chi connectivity index (χ2v) is 4.15. The van der Waals surface area contributed by atoms with Crippen molar-refractivity contribution in [2.45, 2.75) is 6.92 Å². The van der Waals surface area contributed by atoms with Crippen LogP contribution in [0, 0.1) is 0 Å². The number of hydrogen-bond acceptors (Lipinski definition) is 4. The van der Waals surface area contributed by atoms with Crippen LogP contribution in [-0.2, 0) is 9.53 Å². The molecule has 2 aromatic rings. The molecule has 5 heteroatoms. The Bertz CT molecular complexity index is 657. The second kappa shape index (κ2) is 5.97. The first-order valence-corrected chi connectivity index (χ1v) is 6.02. The van der Waals surface area contributed by atoms with Gasteiger partial charge in [-0.2, -0.15) is 0 Å². The fourth-order valence-electron chi connectivity index (χ4n) is 1.73. The summed E-state index contributed by atoms with van der Waals surface area (Å²) >= 11 is 0. The Morgan fingerprint density at radius 3 is 2.55 bits per heavy atom. The van der Waals surface area contributed by atoms with E-state index in [0.29, 0.717) is 5.70 Å². The topological polar surface area (TPSA) is 61.2 Å². The molecule has 0 aliphatic carbocycles. The summed E-state index contributed by atoms with van der Waals surface area (Å²) in [5.74, 6) is -0.658. The van der Waals surface area contributed by atoms with Gasteiger partial charge in [-0.1, -0.05) is 30.3 Å². The van der Waals surface area contributed by atoms with Gasteiger partial charge in [-0.25, -0.2) is 9.78 Å². The average Bonchev–Trinajstić information content (AvgIpc) is 2.94. The molecular weight excluding hydrogens is 256 g/mol. The van der Waals surface area contributed by atoms with Crippen molar-refractivity contribution in [2.24, 2.45) is 0 Å². The minimum Gasteiger partial charge on any atom is -0.464 e. The highest BCUT2D eigenvalue weighted by Crippen LogP contribution is 2.13. The number of carbonyl (C=O) groups excluding carboxylic acids is 2. The summed E-state index contributed by atoms with van der Waals surface area (Å²) in [5, 5.41) is 0. The van der Waals surface area contributed by atoms with Gasteiger partial charge in [-0.3, -0.25) is 4.79 Å². The molecule has 2 rings (SSSR count). The average molecular weight is 270 g/mol. The number of allylic oxidation sites excluding steroid dienone is 1. The van der Waals surface area contributed by atoms with Gasteiger partial charge in [-0.15, -0.1) is 0 Å². The molecule has 0 aliphatic heterocycles. The van der Waals surface area contributed by atoms with Gasteiger partial charge in [0.2, 0.25) is 0 Å². The van der Waals surface area contributed by atoms with E-state index in [0.717, 1.165) is 5.56 Å². The summed E-state index contributed by atoms with van der Waals surface area (Å²) in [6, 6.07) is 9.45. The maximum Gasteiger partial charge on any atom is 0.358 e. The molecule has 0 atom stereocenters. The Hall–Kier alpha value is -2.69. The lowest BCUT2D eigenvalue weighted by atomic mass is 10.1. The molecule has 0 N–H and O–H groups in total. The van der Waals surface area contributed by atoms with Crippen molar-refractivity contribution < 1.29 is 14.3 Å². The third-order valence-electron chi connectivity index (χ3n) is 2.72. The van der Waals surface area contributed by atoms with Gasteiger partial charge < -0.3 is 9.30 Å². The molecule has 0 amide bonds. The number of benzene rings is 1. The number of methoxy groups -OCH3 is 1. The number of hydrogen-bond donors (Lipinski definition) is 0. The number of aromatic nitrogens is 2. The zero-order valence-corrected chi connectivity index (χ0v) is 11.2. The molecule has 0 unspecified atom stereocenters. The molecule has 20 heavy (non-hydrogen) atoms. The van der Waals surface area contributed by atoms with Crippen LogP contribution in [0.25, 0.3) is 11.8 Å². The van der Waals surface area contributed by atoms with Crippen LogP contribution in [0.1, 0.15) is 23.0 Å². The van der Waals surface area contributed by atoms with Crippen molar-refractivity contribution in [3.8, 4) is 0 Å². The molecule has 0 spiro atoms. The highest BCUT2D eigenvalue weighted by Gasteiger charge is 2.13. The molecule has 102 valence electrons. The molecule has 0 bridgehead atoms. The van der Waals surface area contributed by atoms with Crippen LogP contribution in [0.3, 0.4) is 0 Å². The van der Waals surface area contributed by atoms with Gasteiger partial charge in [0.05, 0.1) is 12.8 Å². The largest absolute Gasteiger partial charge is 0.464 e. The van der Waals surface area contributed by atoms with E-state index in [-0.39, 0.29) is 11.5 Å². The number of nitrogens with zero attached hydrogens (tertiary/aromatic N) is 2. The lowest BCUT2D eigenvalue weighted by Gasteiger charge is -2.04. The highest BCUT2D eigenvalue weighted by molar-refractivity contribution is 6.18. The van der Waals surface area contributed by atoms with E-state index in [4.69, 9.17) is 0 Å². The second-order valence-electron chi connectivity index (χ2n) is 4.15. The SMILES string of the molecule is COC(=O)c1cn(/C(=C\c2ccccc2)C(C)=O)cn1. The highest BCUT2D eigenvalue weighted by atomic mass is 16.5. The zero-order valence-electron chi connectivity index (χ0n) is 11.2. The number of ether oxygens (including phenoxy) is 1. The van der Waals surface area contributed by atoms with E-state index in [9.17, 15) is 9.59 Å². The minimum absolute atomic E-state index is 0.123. The Balaban J connectivity index is 2.39. The lowest BCUT2D eigenvalue weighted by Crippen LogP contribution is -2.04. The maximum atomic E-state index is 11.8. The Morgan fingerprint density at radius 1 is 1.25 bits per heavy atom. The third kappa shape index (κ3) is 3.00.